The molecule has 0 radical (unpaired) electrons. The van der Waals surface area contributed by atoms with Crippen molar-refractivity contribution in [3.8, 4) is 0 Å². The number of aromatic carboxylic acids is 1. The van der Waals surface area contributed by atoms with Crippen LogP contribution in [0.3, 0.4) is 0 Å². The quantitative estimate of drug-likeness (QED) is 0.890. The lowest BCUT2D eigenvalue weighted by Gasteiger charge is -2.08. The Morgan fingerprint density at radius 2 is 1.95 bits per heavy atom. The maximum Gasteiger partial charge on any atom is 0.337 e. The first-order valence-corrected chi connectivity index (χ1v) is 7.09. The number of aryl methyl sites for hydroxylation is 1. The van der Waals surface area contributed by atoms with Gasteiger partial charge in [-0.1, -0.05) is 17.3 Å². The molecule has 106 valence electrons. The van der Waals surface area contributed by atoms with Crippen LogP contribution in [0.2, 0.25) is 0 Å². The minimum atomic E-state index is -4.06. The van der Waals surface area contributed by atoms with Crippen molar-refractivity contribution in [3.63, 3.8) is 0 Å². The van der Waals surface area contributed by atoms with Crippen molar-refractivity contribution in [1.29, 1.82) is 0 Å². The molecule has 0 spiro atoms. The molecule has 0 atom stereocenters. The maximum atomic E-state index is 12.2. The van der Waals surface area contributed by atoms with E-state index in [-0.39, 0.29) is 16.3 Å². The summed E-state index contributed by atoms with van der Waals surface area (Å²) < 4.78 is 31.5. The lowest BCUT2D eigenvalue weighted by molar-refractivity contribution is 0.0692. The van der Waals surface area contributed by atoms with Crippen LogP contribution < -0.4 is 4.72 Å². The number of nitrogens with one attached hydrogen (secondary N) is 1. The number of hydrogen-bond donors (Lipinski definition) is 2. The molecule has 1 heterocycles. The molecule has 0 saturated carbocycles. The summed E-state index contributed by atoms with van der Waals surface area (Å²) >= 11 is 0. The Balaban J connectivity index is 2.46. The zero-order valence-corrected chi connectivity index (χ0v) is 11.6. The Morgan fingerprint density at radius 1 is 1.30 bits per heavy atom. The van der Waals surface area contributed by atoms with Gasteiger partial charge >= 0.3 is 5.97 Å². The largest absolute Gasteiger partial charge is 0.478 e. The number of aromatic nitrogens is 1. The first kappa shape index (κ1) is 14.1. The van der Waals surface area contributed by atoms with Gasteiger partial charge < -0.3 is 9.63 Å². The molecule has 1 aromatic carbocycles. The molecule has 0 aliphatic heterocycles. The van der Waals surface area contributed by atoms with Gasteiger partial charge in [0.1, 0.15) is 4.90 Å². The summed E-state index contributed by atoms with van der Waals surface area (Å²) in [5.74, 6) is -1.35. The normalized spacial score (nSPS) is 11.3. The number of carbonyl (C=O) groups is 1. The first-order chi connectivity index (χ1) is 9.33. The smallest absolute Gasteiger partial charge is 0.337 e. The number of anilines is 1. The van der Waals surface area contributed by atoms with E-state index in [0.717, 1.165) is 0 Å². The zero-order chi connectivity index (χ0) is 14.9. The van der Waals surface area contributed by atoms with Crippen molar-refractivity contribution in [2.24, 2.45) is 0 Å². The van der Waals surface area contributed by atoms with Gasteiger partial charge in [0.15, 0.2) is 0 Å². The van der Waals surface area contributed by atoms with E-state index in [1.165, 1.54) is 24.3 Å². The van der Waals surface area contributed by atoms with Crippen molar-refractivity contribution in [2.45, 2.75) is 18.7 Å². The molecule has 1 aromatic heterocycles. The summed E-state index contributed by atoms with van der Waals surface area (Å²) in [4.78, 5) is 10.7. The Kier molecular flexibility index (Phi) is 3.49. The third-order valence-corrected chi connectivity index (χ3v) is 4.18. The fourth-order valence-corrected chi connectivity index (χ4v) is 2.81. The highest BCUT2D eigenvalue weighted by molar-refractivity contribution is 7.92. The highest BCUT2D eigenvalue weighted by Gasteiger charge is 2.24. The van der Waals surface area contributed by atoms with E-state index in [1.54, 1.807) is 13.8 Å². The van der Waals surface area contributed by atoms with Crippen LogP contribution in [0.15, 0.2) is 33.7 Å². The molecule has 8 heteroatoms. The van der Waals surface area contributed by atoms with Gasteiger partial charge in [-0.25, -0.2) is 17.9 Å². The maximum absolute atomic E-state index is 12.2. The summed E-state index contributed by atoms with van der Waals surface area (Å²) in [7, 11) is -4.06. The molecule has 2 aromatic rings. The van der Waals surface area contributed by atoms with Crippen LogP contribution in [0.1, 0.15) is 21.6 Å². The van der Waals surface area contributed by atoms with Crippen LogP contribution in [-0.2, 0) is 10.0 Å². The van der Waals surface area contributed by atoms with E-state index in [1.807, 2.05) is 0 Å². The molecule has 0 aliphatic carbocycles. The third kappa shape index (κ3) is 2.50. The van der Waals surface area contributed by atoms with Crippen LogP contribution in [0.25, 0.3) is 0 Å². The van der Waals surface area contributed by atoms with Gasteiger partial charge in [0.25, 0.3) is 10.0 Å². The van der Waals surface area contributed by atoms with E-state index in [2.05, 4.69) is 9.88 Å². The monoisotopic (exact) mass is 296 g/mol. The van der Waals surface area contributed by atoms with E-state index < -0.39 is 16.0 Å². The second-order valence-corrected chi connectivity index (χ2v) is 5.78. The van der Waals surface area contributed by atoms with Crippen LogP contribution >= 0.6 is 0 Å². The third-order valence-electron chi connectivity index (χ3n) is 2.79. The number of nitrogens with zero attached hydrogens (tertiary/aromatic N) is 1. The predicted octanol–water partition coefficient (Wildman–Crippen LogP) is 1.79. The van der Waals surface area contributed by atoms with Crippen LogP contribution in [0.4, 0.5) is 5.88 Å². The average molecular weight is 296 g/mol. The fraction of sp³-hybridized carbons (Fsp3) is 0.167. The minimum absolute atomic E-state index is 0.0253. The molecule has 0 bridgehead atoms. The number of sulfonamides is 1. The topological polar surface area (TPSA) is 110 Å². The van der Waals surface area contributed by atoms with Crippen molar-refractivity contribution in [1.82, 2.24) is 5.16 Å². The van der Waals surface area contributed by atoms with Crippen molar-refractivity contribution < 1.29 is 22.8 Å². The standard InChI is InChI=1S/C12H12N2O5S/c1-7-8(2)13-19-11(7)14-20(17,18)10-6-4-3-5-9(10)12(15)16/h3-6,14H,1-2H3,(H,15,16). The second-order valence-electron chi connectivity index (χ2n) is 4.13. The number of carboxylic acids is 1. The number of rotatable bonds is 4. The van der Waals surface area contributed by atoms with Crippen LogP contribution in [-0.4, -0.2) is 24.7 Å². The van der Waals surface area contributed by atoms with Gasteiger partial charge in [-0.15, -0.1) is 0 Å². The Bertz CT molecular complexity index is 764. The van der Waals surface area contributed by atoms with E-state index in [0.29, 0.717) is 11.3 Å². The number of benzene rings is 1. The van der Waals surface area contributed by atoms with Crippen LogP contribution in [0, 0.1) is 13.8 Å². The molecule has 20 heavy (non-hydrogen) atoms. The van der Waals surface area contributed by atoms with E-state index in [9.17, 15) is 13.2 Å². The number of carboxylic acid groups (broad SMARTS) is 1. The average Bonchev–Trinajstić information content (AvgIpc) is 2.70. The molecule has 0 aliphatic rings. The summed E-state index contributed by atoms with van der Waals surface area (Å²) in [6.07, 6.45) is 0. The van der Waals surface area contributed by atoms with Crippen LogP contribution in [0.5, 0.6) is 0 Å². The number of hydrogen-bond acceptors (Lipinski definition) is 5. The summed E-state index contributed by atoms with van der Waals surface area (Å²) in [5, 5.41) is 12.7. The Hall–Kier alpha value is -2.35. The van der Waals surface area contributed by atoms with E-state index >= 15 is 0 Å². The molecule has 7 nitrogen and oxygen atoms in total. The molecular formula is C12H12N2O5S. The molecular weight excluding hydrogens is 284 g/mol. The van der Waals surface area contributed by atoms with Gasteiger partial charge in [-0.3, -0.25) is 0 Å². The lowest BCUT2D eigenvalue weighted by atomic mass is 10.2. The summed E-state index contributed by atoms with van der Waals surface area (Å²) in [5.41, 5.74) is 0.782. The zero-order valence-electron chi connectivity index (χ0n) is 10.7. The lowest BCUT2D eigenvalue weighted by Crippen LogP contribution is -2.17. The molecule has 0 saturated heterocycles. The van der Waals surface area contributed by atoms with Gasteiger partial charge in [0.2, 0.25) is 5.88 Å². The molecule has 0 amide bonds. The summed E-state index contributed by atoms with van der Waals surface area (Å²) in [6.45, 7) is 3.31. The first-order valence-electron chi connectivity index (χ1n) is 5.61. The predicted molar refractivity (Wildman–Crippen MR) is 70.2 cm³/mol. The van der Waals surface area contributed by atoms with Gasteiger partial charge in [-0.05, 0) is 26.0 Å². The SMILES string of the molecule is Cc1noc(NS(=O)(=O)c2ccccc2C(=O)O)c1C. The van der Waals surface area contributed by atoms with Crippen molar-refractivity contribution in [3.05, 3.63) is 41.1 Å². The molecule has 0 fully saturated rings. The van der Waals surface area contributed by atoms with Gasteiger partial charge in [0, 0.05) is 5.56 Å². The second kappa shape index (κ2) is 4.97. The van der Waals surface area contributed by atoms with Crippen molar-refractivity contribution >= 4 is 21.9 Å². The molecule has 0 unspecified atom stereocenters. The van der Waals surface area contributed by atoms with Gasteiger partial charge in [0.05, 0.1) is 11.3 Å². The minimum Gasteiger partial charge on any atom is -0.478 e. The van der Waals surface area contributed by atoms with E-state index in [4.69, 9.17) is 9.63 Å². The molecule has 2 rings (SSSR count). The highest BCUT2D eigenvalue weighted by Crippen LogP contribution is 2.23. The fourth-order valence-electron chi connectivity index (χ4n) is 1.57. The highest BCUT2D eigenvalue weighted by atomic mass is 32.2. The van der Waals surface area contributed by atoms with Gasteiger partial charge in [-0.2, -0.15) is 0 Å². The Labute approximate surface area is 115 Å². The Morgan fingerprint density at radius 3 is 2.50 bits per heavy atom. The summed E-state index contributed by atoms with van der Waals surface area (Å²) in [6, 6.07) is 5.32. The molecule has 2 N–H and O–H groups in total. The van der Waals surface area contributed by atoms with Crippen molar-refractivity contribution in [2.75, 3.05) is 4.72 Å².